The summed E-state index contributed by atoms with van der Waals surface area (Å²) in [4.78, 5) is 22.3. The molecule has 0 bridgehead atoms. The number of unbranched alkanes of at least 4 members (excludes halogenated alkanes) is 2. The molecule has 208 valence electrons. The second-order valence-electron chi connectivity index (χ2n) is 9.45. The fourth-order valence-electron chi connectivity index (χ4n) is 3.94. The maximum atomic E-state index is 13.7. The number of carbonyl (C=O) groups excluding carboxylic acids is 1. The Balaban J connectivity index is 1.89. The first kappa shape index (κ1) is 30.0. The molecule has 10 heteroatoms. The van der Waals surface area contributed by atoms with Crippen LogP contribution in [0.3, 0.4) is 0 Å². The molecule has 2 aromatic carbocycles. The summed E-state index contributed by atoms with van der Waals surface area (Å²) >= 11 is 1.44. The van der Waals surface area contributed by atoms with Gasteiger partial charge < -0.3 is 9.64 Å². The van der Waals surface area contributed by atoms with Crippen LogP contribution in [-0.4, -0.2) is 75.4 Å². The quantitative estimate of drug-likeness (QED) is 0.244. The smallest absolute Gasteiger partial charge is 0.260 e. The Morgan fingerprint density at radius 1 is 0.921 bits per heavy atom. The van der Waals surface area contributed by atoms with Crippen molar-refractivity contribution in [2.24, 2.45) is 0 Å². The maximum Gasteiger partial charge on any atom is 0.260 e. The van der Waals surface area contributed by atoms with Crippen molar-refractivity contribution in [3.63, 3.8) is 0 Å². The minimum Gasteiger partial charge on any atom is -0.494 e. The number of ether oxygens (including phenoxy) is 1. The van der Waals surface area contributed by atoms with E-state index in [0.29, 0.717) is 43.5 Å². The summed E-state index contributed by atoms with van der Waals surface area (Å²) in [6.45, 7) is 8.72. The monoisotopic (exact) mass is 560 g/mol. The molecule has 8 nitrogen and oxygen atoms in total. The van der Waals surface area contributed by atoms with E-state index in [-0.39, 0.29) is 10.8 Å². The normalized spacial score (nSPS) is 12.0. The zero-order valence-electron chi connectivity index (χ0n) is 23.1. The molecule has 0 fully saturated rings. The standard InChI is InChI=1S/C28H40N4O4S2/c1-6-9-17-31(18-10-7-2)38(34,35)24-14-11-22(12-15-24)27(33)32(20-19-30(4)5)28-29-25-16-13-23(36-8-3)21-26(25)37-28/h11-16,21H,6-10,17-20H2,1-5H3. The molecular weight excluding hydrogens is 520 g/mol. The molecule has 0 aliphatic heterocycles. The molecular formula is C28H40N4O4S2. The first-order chi connectivity index (χ1) is 18.2. The van der Waals surface area contributed by atoms with Gasteiger partial charge in [0.15, 0.2) is 5.13 Å². The molecule has 0 spiro atoms. The van der Waals surface area contributed by atoms with Crippen molar-refractivity contribution in [3.05, 3.63) is 48.0 Å². The molecule has 1 amide bonds. The zero-order valence-corrected chi connectivity index (χ0v) is 24.8. The maximum absolute atomic E-state index is 13.7. The SMILES string of the molecule is CCCCN(CCCC)S(=O)(=O)c1ccc(C(=O)N(CCN(C)C)c2nc3ccc(OCC)cc3s2)cc1. The van der Waals surface area contributed by atoms with E-state index in [1.54, 1.807) is 33.5 Å². The zero-order chi connectivity index (χ0) is 27.7. The third-order valence-corrected chi connectivity index (χ3v) is 9.12. The van der Waals surface area contributed by atoms with Gasteiger partial charge in [-0.25, -0.2) is 13.4 Å². The highest BCUT2D eigenvalue weighted by Crippen LogP contribution is 2.32. The molecule has 0 saturated carbocycles. The van der Waals surface area contributed by atoms with E-state index in [2.05, 4.69) is 13.8 Å². The van der Waals surface area contributed by atoms with Gasteiger partial charge in [-0.3, -0.25) is 9.69 Å². The summed E-state index contributed by atoms with van der Waals surface area (Å²) in [7, 11) is 0.284. The average molecular weight is 561 g/mol. The van der Waals surface area contributed by atoms with Crippen LogP contribution in [0.15, 0.2) is 47.4 Å². The average Bonchev–Trinajstić information content (AvgIpc) is 3.31. The summed E-state index contributed by atoms with van der Waals surface area (Å²) in [5, 5.41) is 0.600. The molecule has 0 radical (unpaired) electrons. The lowest BCUT2D eigenvalue weighted by atomic mass is 10.2. The van der Waals surface area contributed by atoms with Crippen molar-refractivity contribution in [3.8, 4) is 5.75 Å². The number of sulfonamides is 1. The number of aromatic nitrogens is 1. The van der Waals surface area contributed by atoms with Crippen LogP contribution in [0.4, 0.5) is 5.13 Å². The van der Waals surface area contributed by atoms with Crippen molar-refractivity contribution in [2.75, 3.05) is 51.8 Å². The Morgan fingerprint density at radius 3 is 2.16 bits per heavy atom. The Hall–Kier alpha value is -2.53. The van der Waals surface area contributed by atoms with E-state index in [0.717, 1.165) is 41.6 Å². The van der Waals surface area contributed by atoms with Crippen molar-refractivity contribution >= 4 is 42.6 Å². The largest absolute Gasteiger partial charge is 0.494 e. The topological polar surface area (TPSA) is 83.1 Å². The molecule has 3 rings (SSSR count). The highest BCUT2D eigenvalue weighted by molar-refractivity contribution is 7.89. The van der Waals surface area contributed by atoms with Gasteiger partial charge in [-0.1, -0.05) is 38.0 Å². The first-order valence-electron chi connectivity index (χ1n) is 13.3. The summed E-state index contributed by atoms with van der Waals surface area (Å²) in [5.74, 6) is 0.554. The highest BCUT2D eigenvalue weighted by Gasteiger charge is 2.26. The predicted octanol–water partition coefficient (Wildman–Crippen LogP) is 5.49. The minimum atomic E-state index is -3.63. The van der Waals surface area contributed by atoms with E-state index in [9.17, 15) is 13.2 Å². The number of nitrogens with zero attached hydrogens (tertiary/aromatic N) is 4. The van der Waals surface area contributed by atoms with Gasteiger partial charge >= 0.3 is 0 Å². The lowest BCUT2D eigenvalue weighted by Gasteiger charge is -2.23. The molecule has 0 aliphatic carbocycles. The lowest BCUT2D eigenvalue weighted by molar-refractivity contribution is 0.0985. The van der Waals surface area contributed by atoms with Crippen LogP contribution in [0.1, 0.15) is 56.8 Å². The second-order valence-corrected chi connectivity index (χ2v) is 12.4. The van der Waals surface area contributed by atoms with Crippen LogP contribution in [-0.2, 0) is 10.0 Å². The van der Waals surface area contributed by atoms with E-state index < -0.39 is 10.0 Å². The van der Waals surface area contributed by atoms with Crippen molar-refractivity contribution in [2.45, 2.75) is 51.3 Å². The summed E-state index contributed by atoms with van der Waals surface area (Å²) < 4.78 is 34.8. The molecule has 0 saturated heterocycles. The van der Waals surface area contributed by atoms with Gasteiger partial charge in [-0.2, -0.15) is 4.31 Å². The van der Waals surface area contributed by atoms with Crippen LogP contribution in [0, 0.1) is 0 Å². The second kappa shape index (κ2) is 14.0. The minimum absolute atomic E-state index is 0.213. The van der Waals surface area contributed by atoms with E-state index in [1.807, 2.05) is 44.1 Å². The molecule has 3 aromatic rings. The molecule has 1 aromatic heterocycles. The summed E-state index contributed by atoms with van der Waals surface area (Å²) in [6, 6.07) is 12.0. The highest BCUT2D eigenvalue weighted by atomic mass is 32.2. The van der Waals surface area contributed by atoms with Gasteiger partial charge in [-0.05, 0) is 76.3 Å². The van der Waals surface area contributed by atoms with Gasteiger partial charge in [0.1, 0.15) is 5.75 Å². The van der Waals surface area contributed by atoms with Crippen LogP contribution in [0.5, 0.6) is 5.75 Å². The van der Waals surface area contributed by atoms with Crippen LogP contribution < -0.4 is 9.64 Å². The number of carbonyl (C=O) groups is 1. The van der Waals surface area contributed by atoms with Gasteiger partial charge in [0, 0.05) is 31.7 Å². The number of anilines is 1. The lowest BCUT2D eigenvalue weighted by Crippen LogP contribution is -2.37. The van der Waals surface area contributed by atoms with Gasteiger partial charge in [0.05, 0.1) is 21.7 Å². The van der Waals surface area contributed by atoms with Gasteiger partial charge in [0.25, 0.3) is 5.91 Å². The first-order valence-corrected chi connectivity index (χ1v) is 15.6. The summed E-state index contributed by atoms with van der Waals surface area (Å²) in [5.41, 5.74) is 1.22. The van der Waals surface area contributed by atoms with E-state index in [4.69, 9.17) is 9.72 Å². The summed E-state index contributed by atoms with van der Waals surface area (Å²) in [6.07, 6.45) is 3.48. The number of rotatable bonds is 15. The molecule has 0 aliphatic rings. The Labute approximate surface area is 231 Å². The predicted molar refractivity (Wildman–Crippen MR) is 156 cm³/mol. The van der Waals surface area contributed by atoms with Crippen molar-refractivity contribution in [1.82, 2.24) is 14.2 Å². The van der Waals surface area contributed by atoms with Crippen molar-refractivity contribution < 1.29 is 17.9 Å². The van der Waals surface area contributed by atoms with Gasteiger partial charge in [0.2, 0.25) is 10.0 Å². The van der Waals surface area contributed by atoms with Crippen molar-refractivity contribution in [1.29, 1.82) is 0 Å². The Kier molecular flexibility index (Phi) is 11.1. The number of benzene rings is 2. The van der Waals surface area contributed by atoms with Crippen LogP contribution in [0.25, 0.3) is 10.2 Å². The van der Waals surface area contributed by atoms with E-state index in [1.165, 1.54) is 11.3 Å². The number of amides is 1. The number of hydrogen-bond donors (Lipinski definition) is 0. The molecule has 1 heterocycles. The third kappa shape index (κ3) is 7.53. The number of hydrogen-bond acceptors (Lipinski definition) is 7. The molecule has 38 heavy (non-hydrogen) atoms. The van der Waals surface area contributed by atoms with Crippen LogP contribution in [0.2, 0.25) is 0 Å². The fraction of sp³-hybridized carbons (Fsp3) is 0.500. The molecule has 0 N–H and O–H groups in total. The van der Waals surface area contributed by atoms with Crippen LogP contribution >= 0.6 is 11.3 Å². The van der Waals surface area contributed by atoms with E-state index >= 15 is 0 Å². The number of likely N-dealkylation sites (N-methyl/N-ethyl adjacent to an activating group) is 1. The number of fused-ring (bicyclic) bond motifs is 1. The Morgan fingerprint density at radius 2 is 1.58 bits per heavy atom. The molecule has 0 unspecified atom stereocenters. The Bertz CT molecular complexity index is 1280. The molecule has 0 atom stereocenters. The number of thiazole rings is 1. The fourth-order valence-corrected chi connectivity index (χ4v) is 6.48. The third-order valence-electron chi connectivity index (χ3n) is 6.17. The van der Waals surface area contributed by atoms with Gasteiger partial charge in [-0.15, -0.1) is 0 Å².